The van der Waals surface area contributed by atoms with Gasteiger partial charge in [0.25, 0.3) is 11.5 Å². The van der Waals surface area contributed by atoms with Crippen LogP contribution in [0.25, 0.3) is 6.08 Å². The largest absolute Gasteiger partial charge is 0.494 e. The maximum absolute atomic E-state index is 13.3. The van der Waals surface area contributed by atoms with Crippen molar-refractivity contribution in [1.82, 2.24) is 9.47 Å². The molecule has 2 aromatic carbocycles. The maximum atomic E-state index is 13.3. The lowest BCUT2D eigenvalue weighted by Gasteiger charge is -2.18. The van der Waals surface area contributed by atoms with Crippen molar-refractivity contribution in [2.24, 2.45) is 0 Å². The molecule has 1 saturated heterocycles. The molecule has 1 aromatic heterocycles. The van der Waals surface area contributed by atoms with Crippen LogP contribution in [0.3, 0.4) is 0 Å². The topological polar surface area (TPSA) is 103 Å². The van der Waals surface area contributed by atoms with E-state index in [4.69, 9.17) is 23.8 Å². The quantitative estimate of drug-likeness (QED) is 0.269. The monoisotopic (exact) mass is 553 g/mol. The van der Waals surface area contributed by atoms with Crippen molar-refractivity contribution in [1.29, 1.82) is 5.26 Å². The minimum Gasteiger partial charge on any atom is -0.494 e. The predicted molar refractivity (Wildman–Crippen MR) is 143 cm³/mol. The average Bonchev–Trinajstić information content (AvgIpc) is 3.12. The summed E-state index contributed by atoms with van der Waals surface area (Å²) in [6.07, 6.45) is 1.62. The number of thiocarbonyl (C=S) groups is 1. The number of nitriles is 1. The Morgan fingerprint density at radius 3 is 2.46 bits per heavy atom. The Bertz CT molecular complexity index is 1580. The fourth-order valence-electron chi connectivity index (χ4n) is 3.77. The second-order valence-corrected chi connectivity index (χ2v) is 10.2. The van der Waals surface area contributed by atoms with Gasteiger partial charge in [0.2, 0.25) is 5.88 Å². The Balaban J connectivity index is 1.66. The summed E-state index contributed by atoms with van der Waals surface area (Å²) in [6.45, 7) is 0.668. The lowest BCUT2D eigenvalue weighted by molar-refractivity contribution is -0.121. The van der Waals surface area contributed by atoms with E-state index >= 15 is 0 Å². The smallest absolute Gasteiger partial charge is 0.271 e. The molecule has 0 unspecified atom stereocenters. The number of pyridine rings is 1. The number of carbonyl (C=O) groups is 2. The highest BCUT2D eigenvalue weighted by atomic mass is 35.5. The summed E-state index contributed by atoms with van der Waals surface area (Å²) < 4.78 is 14.3. The van der Waals surface area contributed by atoms with Gasteiger partial charge in [0.05, 0.1) is 23.6 Å². The minimum atomic E-state index is -0.796. The van der Waals surface area contributed by atoms with Crippen molar-refractivity contribution < 1.29 is 19.1 Å². The molecule has 1 N–H and O–H groups in total. The van der Waals surface area contributed by atoms with Crippen molar-refractivity contribution in [3.63, 3.8) is 0 Å². The zero-order valence-corrected chi connectivity index (χ0v) is 21.6. The van der Waals surface area contributed by atoms with Crippen molar-refractivity contribution >= 4 is 57.7 Å². The molecule has 1 aliphatic rings. The molecule has 186 valence electrons. The Hall–Kier alpha value is -3.78. The number of aromatic hydroxyl groups is 1. The number of nitrogens with zero attached hydrogens (tertiary/aromatic N) is 3. The highest BCUT2D eigenvalue weighted by Gasteiger charge is 2.35. The Morgan fingerprint density at radius 2 is 1.84 bits per heavy atom. The minimum absolute atomic E-state index is 0.00694. The molecule has 0 saturated carbocycles. The predicted octanol–water partition coefficient (Wildman–Crippen LogP) is 4.66. The number of ketones is 1. The maximum Gasteiger partial charge on any atom is 0.271 e. The molecule has 0 aliphatic carbocycles. The molecule has 37 heavy (non-hydrogen) atoms. The number of halogens is 2. The number of carbonyl (C=O) groups excluding carboxylic acids is 2. The first-order valence-corrected chi connectivity index (χ1v) is 12.4. The van der Waals surface area contributed by atoms with Crippen molar-refractivity contribution in [2.75, 3.05) is 6.54 Å². The number of thioether (sulfide) groups is 1. The molecule has 1 aliphatic heterocycles. The van der Waals surface area contributed by atoms with Crippen LogP contribution in [0.15, 0.2) is 58.2 Å². The van der Waals surface area contributed by atoms with Gasteiger partial charge in [0.1, 0.15) is 21.8 Å². The van der Waals surface area contributed by atoms with E-state index in [0.29, 0.717) is 15.5 Å². The van der Waals surface area contributed by atoms with E-state index < -0.39 is 35.5 Å². The van der Waals surface area contributed by atoms with Crippen LogP contribution in [0.4, 0.5) is 4.39 Å². The molecule has 1 amide bonds. The second-order valence-electron chi connectivity index (χ2n) is 8.07. The SMILES string of the molecule is Cc1c(C(=O)CN2C(=O)/C(=C/c3ccc(Cl)cc3)SC2=S)c(O)n(Cc2ccc(F)cc2)c(=O)c1C#N. The molecule has 7 nitrogen and oxygen atoms in total. The van der Waals surface area contributed by atoms with Gasteiger partial charge in [-0.05, 0) is 54.0 Å². The van der Waals surface area contributed by atoms with Crippen LogP contribution < -0.4 is 5.56 Å². The summed E-state index contributed by atoms with van der Waals surface area (Å²) in [4.78, 5) is 40.6. The standard InChI is InChI=1S/C26H17ClFN3O4S2/c1-14-19(11-29)23(33)30(12-16-4-8-18(28)9-5-16)25(35)22(14)20(32)13-31-24(34)21(37-26(31)36)10-15-2-6-17(27)7-3-15/h2-10,35H,12-13H2,1H3/b21-10-. The van der Waals surface area contributed by atoms with Crippen LogP contribution in [-0.4, -0.2) is 37.1 Å². The number of rotatable bonds is 6. The number of hydrogen-bond donors (Lipinski definition) is 1. The normalized spacial score (nSPS) is 14.3. The third-order valence-electron chi connectivity index (χ3n) is 5.68. The van der Waals surface area contributed by atoms with E-state index in [2.05, 4.69) is 0 Å². The van der Waals surface area contributed by atoms with Gasteiger partial charge in [-0.2, -0.15) is 5.26 Å². The van der Waals surface area contributed by atoms with Crippen LogP contribution >= 0.6 is 35.6 Å². The summed E-state index contributed by atoms with van der Waals surface area (Å²) in [6, 6.07) is 13.8. The van der Waals surface area contributed by atoms with Crippen LogP contribution in [-0.2, 0) is 11.3 Å². The number of aromatic nitrogens is 1. The molecular formula is C26H17ClFN3O4S2. The molecule has 11 heteroatoms. The Kier molecular flexibility index (Phi) is 7.59. The van der Waals surface area contributed by atoms with E-state index in [9.17, 15) is 29.1 Å². The fourth-order valence-corrected chi connectivity index (χ4v) is 5.15. The van der Waals surface area contributed by atoms with E-state index in [1.807, 2.05) is 0 Å². The summed E-state index contributed by atoms with van der Waals surface area (Å²) in [7, 11) is 0. The van der Waals surface area contributed by atoms with Gasteiger partial charge < -0.3 is 5.11 Å². The van der Waals surface area contributed by atoms with Crippen LogP contribution in [0.1, 0.15) is 32.6 Å². The number of benzene rings is 2. The molecule has 2 heterocycles. The molecule has 4 rings (SSSR count). The summed E-state index contributed by atoms with van der Waals surface area (Å²) in [5, 5.41) is 21.0. The van der Waals surface area contributed by atoms with Crippen LogP contribution in [0.5, 0.6) is 5.88 Å². The number of hydrogen-bond acceptors (Lipinski definition) is 7. The van der Waals surface area contributed by atoms with Gasteiger partial charge >= 0.3 is 0 Å². The van der Waals surface area contributed by atoms with Crippen LogP contribution in [0.2, 0.25) is 5.02 Å². The fraction of sp³-hybridized carbons (Fsp3) is 0.115. The molecule has 0 spiro atoms. The van der Waals surface area contributed by atoms with Gasteiger partial charge in [-0.3, -0.25) is 23.9 Å². The van der Waals surface area contributed by atoms with Crippen molar-refractivity contribution in [3.8, 4) is 11.9 Å². The average molecular weight is 554 g/mol. The summed E-state index contributed by atoms with van der Waals surface area (Å²) in [5.41, 5.74) is -0.210. The lowest BCUT2D eigenvalue weighted by atomic mass is 10.0. The Labute approximate surface area is 225 Å². The third kappa shape index (κ3) is 5.34. The van der Waals surface area contributed by atoms with E-state index in [1.54, 1.807) is 36.4 Å². The summed E-state index contributed by atoms with van der Waals surface area (Å²) in [5.74, 6) is -2.33. The van der Waals surface area contributed by atoms with Gasteiger partial charge in [-0.15, -0.1) is 0 Å². The highest BCUT2D eigenvalue weighted by molar-refractivity contribution is 8.26. The number of amides is 1. The van der Waals surface area contributed by atoms with E-state index in [1.165, 1.54) is 31.2 Å². The molecule has 0 radical (unpaired) electrons. The van der Waals surface area contributed by atoms with Gasteiger partial charge in [-0.1, -0.05) is 59.8 Å². The Morgan fingerprint density at radius 1 is 1.19 bits per heavy atom. The third-order valence-corrected chi connectivity index (χ3v) is 7.31. The van der Waals surface area contributed by atoms with E-state index in [-0.39, 0.29) is 27.6 Å². The van der Waals surface area contributed by atoms with Crippen molar-refractivity contribution in [3.05, 3.63) is 102 Å². The lowest BCUT2D eigenvalue weighted by Crippen LogP contribution is -2.35. The summed E-state index contributed by atoms with van der Waals surface area (Å²) >= 11 is 12.2. The van der Waals surface area contributed by atoms with E-state index in [0.717, 1.165) is 26.8 Å². The first-order valence-electron chi connectivity index (χ1n) is 10.8. The molecule has 0 atom stereocenters. The first-order chi connectivity index (χ1) is 17.6. The molecule has 3 aromatic rings. The van der Waals surface area contributed by atoms with Crippen LogP contribution in [0, 0.1) is 24.1 Å². The van der Waals surface area contributed by atoms with Gasteiger partial charge in [0, 0.05) is 5.02 Å². The highest BCUT2D eigenvalue weighted by Crippen LogP contribution is 2.33. The zero-order chi connectivity index (χ0) is 26.9. The first kappa shape index (κ1) is 26.3. The second kappa shape index (κ2) is 10.7. The molecule has 0 bridgehead atoms. The van der Waals surface area contributed by atoms with Crippen molar-refractivity contribution in [2.45, 2.75) is 13.5 Å². The molecule has 1 fully saturated rings. The zero-order valence-electron chi connectivity index (χ0n) is 19.2. The van der Waals surface area contributed by atoms with Gasteiger partial charge in [0.15, 0.2) is 5.78 Å². The number of Topliss-reactive ketones (excluding diaryl/α,β-unsaturated/α-hetero) is 1. The van der Waals surface area contributed by atoms with Gasteiger partial charge in [-0.25, -0.2) is 4.39 Å². The molecular weight excluding hydrogens is 537 g/mol.